The van der Waals surface area contributed by atoms with E-state index in [9.17, 15) is 9.59 Å². The average Bonchev–Trinajstić information content (AvgIpc) is 2.12. The number of carbonyl (C=O) groups is 2. The number of primary amides is 1. The second-order valence-electron chi connectivity index (χ2n) is 2.78. The Kier molecular flexibility index (Phi) is 7.78. The molecule has 2 amide bonds. The van der Waals surface area contributed by atoms with Crippen molar-refractivity contribution in [1.29, 1.82) is 0 Å². The largest absolute Gasteiger partial charge is 0.368 e. The van der Waals surface area contributed by atoms with E-state index in [4.69, 9.17) is 5.73 Å². The van der Waals surface area contributed by atoms with Gasteiger partial charge in [-0.2, -0.15) is 24.4 Å². The van der Waals surface area contributed by atoms with E-state index < -0.39 is 11.9 Å². The molecule has 0 aliphatic rings. The van der Waals surface area contributed by atoms with Crippen LogP contribution in [0.2, 0.25) is 0 Å². The van der Waals surface area contributed by atoms with Crippen LogP contribution in [0.3, 0.4) is 0 Å². The van der Waals surface area contributed by atoms with Crippen LogP contribution >= 0.6 is 24.4 Å². The molecule has 0 unspecified atom stereocenters. The third kappa shape index (κ3) is 6.15. The third-order valence-corrected chi connectivity index (χ3v) is 2.50. The smallest absolute Gasteiger partial charge is 0.240 e. The van der Waals surface area contributed by atoms with Crippen molar-refractivity contribution in [3.05, 3.63) is 0 Å². The zero-order chi connectivity index (χ0) is 11.0. The molecular formula is C8H16N2O2S2. The zero-order valence-corrected chi connectivity index (χ0v) is 9.87. The summed E-state index contributed by atoms with van der Waals surface area (Å²) in [6.45, 7) is 0. The first-order valence-electron chi connectivity index (χ1n) is 4.30. The van der Waals surface area contributed by atoms with Crippen LogP contribution in [0.4, 0.5) is 0 Å². The molecule has 0 spiro atoms. The van der Waals surface area contributed by atoms with Gasteiger partial charge in [-0.3, -0.25) is 9.59 Å². The number of thioether (sulfide) groups is 1. The van der Waals surface area contributed by atoms with Gasteiger partial charge in [0.2, 0.25) is 11.8 Å². The monoisotopic (exact) mass is 236 g/mol. The van der Waals surface area contributed by atoms with E-state index in [2.05, 4.69) is 17.9 Å². The Labute approximate surface area is 93.8 Å². The van der Waals surface area contributed by atoms with Crippen LogP contribution in [0.1, 0.15) is 12.8 Å². The molecule has 6 heteroatoms. The highest BCUT2D eigenvalue weighted by Crippen LogP contribution is 2.00. The maximum Gasteiger partial charge on any atom is 0.240 e. The lowest BCUT2D eigenvalue weighted by molar-refractivity contribution is -0.127. The summed E-state index contributed by atoms with van der Waals surface area (Å²) in [5, 5.41) is 2.58. The topological polar surface area (TPSA) is 72.2 Å². The predicted molar refractivity (Wildman–Crippen MR) is 62.6 cm³/mol. The van der Waals surface area contributed by atoms with Gasteiger partial charge in [0.1, 0.15) is 6.04 Å². The zero-order valence-electron chi connectivity index (χ0n) is 8.16. The van der Waals surface area contributed by atoms with Gasteiger partial charge >= 0.3 is 0 Å². The van der Waals surface area contributed by atoms with Gasteiger partial charge in [0.05, 0.1) is 0 Å². The second kappa shape index (κ2) is 7.99. The molecule has 1 atom stereocenters. The Morgan fingerprint density at radius 2 is 2.21 bits per heavy atom. The minimum atomic E-state index is -0.546. The fraction of sp³-hybridized carbons (Fsp3) is 0.750. The summed E-state index contributed by atoms with van der Waals surface area (Å²) in [7, 11) is 0. The van der Waals surface area contributed by atoms with Crippen LogP contribution in [-0.2, 0) is 9.59 Å². The summed E-state index contributed by atoms with van der Waals surface area (Å²) < 4.78 is 0. The van der Waals surface area contributed by atoms with Gasteiger partial charge in [0.15, 0.2) is 0 Å². The van der Waals surface area contributed by atoms with E-state index in [-0.39, 0.29) is 5.91 Å². The van der Waals surface area contributed by atoms with Crippen LogP contribution in [-0.4, -0.2) is 35.6 Å². The molecule has 0 radical (unpaired) electrons. The Morgan fingerprint density at radius 3 is 2.64 bits per heavy atom. The molecule has 3 N–H and O–H groups in total. The molecule has 0 bridgehead atoms. The minimum Gasteiger partial charge on any atom is -0.368 e. The molecule has 4 nitrogen and oxygen atoms in total. The Bertz CT molecular complexity index is 200. The highest BCUT2D eigenvalue weighted by Gasteiger charge is 2.16. The van der Waals surface area contributed by atoms with Crippen LogP contribution in [0.25, 0.3) is 0 Å². The standard InChI is InChI=1S/C8H16N2O2S2/c1-14-5-3-6(8(9)12)10-7(11)2-4-13/h6,13H,2-5H2,1H3,(H2,9,12)(H,10,11)/t6-/m0/s1. The number of thiol groups is 1. The molecule has 0 aliphatic heterocycles. The Morgan fingerprint density at radius 1 is 1.57 bits per heavy atom. The summed E-state index contributed by atoms with van der Waals surface area (Å²) in [5.41, 5.74) is 5.14. The third-order valence-electron chi connectivity index (χ3n) is 1.63. The quantitative estimate of drug-likeness (QED) is 0.546. The molecule has 0 heterocycles. The van der Waals surface area contributed by atoms with E-state index >= 15 is 0 Å². The number of hydrogen-bond donors (Lipinski definition) is 3. The molecule has 14 heavy (non-hydrogen) atoms. The number of amides is 2. The van der Waals surface area contributed by atoms with Crippen LogP contribution in [0.15, 0.2) is 0 Å². The van der Waals surface area contributed by atoms with Crippen molar-refractivity contribution >= 4 is 36.2 Å². The van der Waals surface area contributed by atoms with Gasteiger partial charge in [-0.15, -0.1) is 0 Å². The molecule has 0 saturated carbocycles. The number of rotatable bonds is 7. The SMILES string of the molecule is CSCC[C@H](NC(=O)CCS)C(N)=O. The first kappa shape index (κ1) is 13.6. The second-order valence-corrected chi connectivity index (χ2v) is 4.21. The first-order valence-corrected chi connectivity index (χ1v) is 6.33. The van der Waals surface area contributed by atoms with Crippen molar-refractivity contribution in [2.45, 2.75) is 18.9 Å². The lowest BCUT2D eigenvalue weighted by atomic mass is 10.2. The normalized spacial score (nSPS) is 12.1. The fourth-order valence-corrected chi connectivity index (χ4v) is 1.56. The van der Waals surface area contributed by atoms with Gasteiger partial charge in [0.25, 0.3) is 0 Å². The van der Waals surface area contributed by atoms with E-state index in [1.165, 1.54) is 0 Å². The maximum absolute atomic E-state index is 11.1. The van der Waals surface area contributed by atoms with Crippen LogP contribution < -0.4 is 11.1 Å². The van der Waals surface area contributed by atoms with Crippen molar-refractivity contribution in [3.8, 4) is 0 Å². The van der Waals surface area contributed by atoms with E-state index in [0.717, 1.165) is 5.75 Å². The lowest BCUT2D eigenvalue weighted by Crippen LogP contribution is -2.44. The highest BCUT2D eigenvalue weighted by molar-refractivity contribution is 7.98. The van der Waals surface area contributed by atoms with Gasteiger partial charge in [-0.1, -0.05) is 0 Å². The Hall–Kier alpha value is -0.360. The molecule has 0 fully saturated rings. The molecule has 0 aromatic carbocycles. The van der Waals surface area contributed by atoms with Crippen molar-refractivity contribution in [1.82, 2.24) is 5.32 Å². The maximum atomic E-state index is 11.1. The van der Waals surface area contributed by atoms with Crippen molar-refractivity contribution in [3.63, 3.8) is 0 Å². The van der Waals surface area contributed by atoms with Gasteiger partial charge in [-0.05, 0) is 24.2 Å². The predicted octanol–water partition coefficient (Wildman–Crippen LogP) is 0.0295. The van der Waals surface area contributed by atoms with E-state index in [1.54, 1.807) is 11.8 Å². The summed E-state index contributed by atoms with van der Waals surface area (Å²) in [4.78, 5) is 22.1. The molecular weight excluding hydrogens is 220 g/mol. The Balaban J connectivity index is 3.95. The number of carbonyl (C=O) groups excluding carboxylic acids is 2. The summed E-state index contributed by atoms with van der Waals surface area (Å²) in [6, 6.07) is -0.546. The number of nitrogens with two attached hydrogens (primary N) is 1. The molecule has 0 rings (SSSR count). The van der Waals surface area contributed by atoms with Crippen molar-refractivity contribution < 1.29 is 9.59 Å². The average molecular weight is 236 g/mol. The fourth-order valence-electron chi connectivity index (χ4n) is 0.889. The summed E-state index contributed by atoms with van der Waals surface area (Å²) in [5.74, 6) is 0.616. The highest BCUT2D eigenvalue weighted by atomic mass is 32.2. The minimum absolute atomic E-state index is 0.176. The van der Waals surface area contributed by atoms with E-state index in [1.807, 2.05) is 6.26 Å². The summed E-state index contributed by atoms with van der Waals surface area (Å²) in [6.07, 6.45) is 2.83. The number of hydrogen-bond acceptors (Lipinski definition) is 4. The van der Waals surface area contributed by atoms with Crippen LogP contribution in [0.5, 0.6) is 0 Å². The molecule has 0 aromatic rings. The molecule has 0 saturated heterocycles. The summed E-state index contributed by atoms with van der Waals surface area (Å²) >= 11 is 5.54. The number of nitrogens with one attached hydrogen (secondary N) is 1. The van der Waals surface area contributed by atoms with E-state index in [0.29, 0.717) is 18.6 Å². The van der Waals surface area contributed by atoms with Gasteiger partial charge in [-0.25, -0.2) is 0 Å². The lowest BCUT2D eigenvalue weighted by Gasteiger charge is -2.14. The molecule has 82 valence electrons. The van der Waals surface area contributed by atoms with Crippen LogP contribution in [0, 0.1) is 0 Å². The van der Waals surface area contributed by atoms with Crippen molar-refractivity contribution in [2.24, 2.45) is 5.73 Å². The molecule has 0 aromatic heterocycles. The first-order chi connectivity index (χ1) is 6.61. The van der Waals surface area contributed by atoms with Gasteiger partial charge < -0.3 is 11.1 Å². The van der Waals surface area contributed by atoms with Crippen molar-refractivity contribution in [2.75, 3.05) is 17.8 Å². The molecule has 0 aliphatic carbocycles. The van der Waals surface area contributed by atoms with Gasteiger partial charge in [0, 0.05) is 6.42 Å².